The third-order valence-electron chi connectivity index (χ3n) is 2.42. The van der Waals surface area contributed by atoms with Gasteiger partial charge in [-0.3, -0.25) is 4.79 Å². The zero-order chi connectivity index (χ0) is 13.5. The minimum atomic E-state index is -0.452. The summed E-state index contributed by atoms with van der Waals surface area (Å²) in [6.45, 7) is 6.27. The second-order valence-electron chi connectivity index (χ2n) is 4.64. The van der Waals surface area contributed by atoms with Crippen LogP contribution in [0.1, 0.15) is 26.3 Å². The van der Waals surface area contributed by atoms with Gasteiger partial charge >= 0.3 is 0 Å². The van der Waals surface area contributed by atoms with Gasteiger partial charge in [-0.05, 0) is 44.9 Å². The molecule has 0 fully saturated rings. The Morgan fingerprint density at radius 1 is 1.28 bits per heavy atom. The zero-order valence-electron chi connectivity index (χ0n) is 11.3. The molecule has 0 aliphatic heterocycles. The predicted octanol–water partition coefficient (Wildman–Crippen LogP) is 1.48. The fraction of sp³-hybridized carbons (Fsp3) is 0.500. The number of nitrogens with two attached hydrogens (primary N) is 1. The summed E-state index contributed by atoms with van der Waals surface area (Å²) in [5.74, 6) is 0.753. The van der Waals surface area contributed by atoms with Crippen LogP contribution < -0.4 is 15.8 Å². The van der Waals surface area contributed by atoms with Crippen molar-refractivity contribution in [1.82, 2.24) is 5.32 Å². The Kier molecular flexibility index (Phi) is 5.65. The van der Waals surface area contributed by atoms with Crippen LogP contribution in [0.3, 0.4) is 0 Å². The van der Waals surface area contributed by atoms with E-state index in [0.29, 0.717) is 6.54 Å². The predicted molar refractivity (Wildman–Crippen MR) is 72.6 cm³/mol. The molecule has 1 amide bonds. The topological polar surface area (TPSA) is 64.3 Å². The highest BCUT2D eigenvalue weighted by atomic mass is 16.5. The van der Waals surface area contributed by atoms with Gasteiger partial charge in [-0.1, -0.05) is 12.1 Å². The summed E-state index contributed by atoms with van der Waals surface area (Å²) in [7, 11) is 0. The average Bonchev–Trinajstić information content (AvgIpc) is 2.30. The molecule has 0 saturated heterocycles. The van der Waals surface area contributed by atoms with Gasteiger partial charge in [0.1, 0.15) is 5.75 Å². The van der Waals surface area contributed by atoms with Crippen molar-refractivity contribution in [1.29, 1.82) is 0 Å². The summed E-state index contributed by atoms with van der Waals surface area (Å²) in [6, 6.07) is 7.46. The minimum absolute atomic E-state index is 0.116. The van der Waals surface area contributed by atoms with Gasteiger partial charge in [0.25, 0.3) is 0 Å². The molecule has 0 aliphatic rings. The maximum atomic E-state index is 11.3. The lowest BCUT2D eigenvalue weighted by Gasteiger charge is -2.10. The zero-order valence-corrected chi connectivity index (χ0v) is 11.3. The number of hydrogen-bond acceptors (Lipinski definition) is 3. The van der Waals surface area contributed by atoms with Gasteiger partial charge in [-0.15, -0.1) is 0 Å². The first-order valence-electron chi connectivity index (χ1n) is 6.28. The van der Waals surface area contributed by atoms with Crippen LogP contribution in [0.4, 0.5) is 0 Å². The quantitative estimate of drug-likeness (QED) is 0.803. The van der Waals surface area contributed by atoms with Gasteiger partial charge < -0.3 is 15.8 Å². The molecule has 1 atom stereocenters. The molecule has 0 heterocycles. The van der Waals surface area contributed by atoms with E-state index < -0.39 is 6.04 Å². The van der Waals surface area contributed by atoms with Gasteiger partial charge in [-0.2, -0.15) is 0 Å². The van der Waals surface area contributed by atoms with Crippen molar-refractivity contribution >= 4 is 5.91 Å². The molecule has 0 aromatic heterocycles. The summed E-state index contributed by atoms with van der Waals surface area (Å²) in [6.07, 6.45) is 0.974. The van der Waals surface area contributed by atoms with E-state index in [1.807, 2.05) is 38.1 Å². The van der Waals surface area contributed by atoms with Crippen LogP contribution in [0.15, 0.2) is 24.3 Å². The molecule has 0 bridgehead atoms. The van der Waals surface area contributed by atoms with E-state index in [2.05, 4.69) is 5.32 Å². The van der Waals surface area contributed by atoms with Crippen molar-refractivity contribution in [3.63, 3.8) is 0 Å². The average molecular weight is 250 g/mol. The second kappa shape index (κ2) is 7.01. The maximum Gasteiger partial charge on any atom is 0.236 e. The molecule has 0 spiro atoms. The lowest BCUT2D eigenvalue weighted by atomic mass is 10.1. The van der Waals surface area contributed by atoms with Crippen molar-refractivity contribution in [2.45, 2.75) is 39.3 Å². The van der Waals surface area contributed by atoms with E-state index in [4.69, 9.17) is 10.5 Å². The number of hydrogen-bond donors (Lipinski definition) is 2. The molecule has 0 saturated carbocycles. The molecule has 4 nitrogen and oxygen atoms in total. The Labute approximate surface area is 109 Å². The summed E-state index contributed by atoms with van der Waals surface area (Å²) in [5, 5.41) is 2.78. The molecule has 1 aromatic carbocycles. The highest BCUT2D eigenvalue weighted by Gasteiger charge is 2.05. The third-order valence-corrected chi connectivity index (χ3v) is 2.42. The number of amides is 1. The van der Waals surface area contributed by atoms with Crippen molar-refractivity contribution in [2.75, 3.05) is 6.54 Å². The molecular formula is C14H22N2O2. The molecule has 1 rings (SSSR count). The Morgan fingerprint density at radius 2 is 1.89 bits per heavy atom. The van der Waals surface area contributed by atoms with E-state index in [-0.39, 0.29) is 12.0 Å². The Morgan fingerprint density at radius 3 is 2.39 bits per heavy atom. The monoisotopic (exact) mass is 250 g/mol. The van der Waals surface area contributed by atoms with Crippen molar-refractivity contribution in [3.05, 3.63) is 29.8 Å². The fourth-order valence-electron chi connectivity index (χ4n) is 1.50. The van der Waals surface area contributed by atoms with Crippen LogP contribution >= 0.6 is 0 Å². The number of benzene rings is 1. The number of carbonyl (C=O) groups is 1. The number of ether oxygens (including phenoxy) is 1. The van der Waals surface area contributed by atoms with Crippen molar-refractivity contribution < 1.29 is 9.53 Å². The van der Waals surface area contributed by atoms with E-state index in [1.165, 1.54) is 0 Å². The molecule has 0 unspecified atom stereocenters. The fourth-order valence-corrected chi connectivity index (χ4v) is 1.50. The largest absolute Gasteiger partial charge is 0.491 e. The van der Waals surface area contributed by atoms with Crippen molar-refractivity contribution in [3.8, 4) is 5.75 Å². The van der Waals surface area contributed by atoms with Crippen LogP contribution in [0.5, 0.6) is 5.75 Å². The number of nitrogens with one attached hydrogen (secondary N) is 1. The standard InChI is InChI=1S/C14H22N2O2/c1-10(2)18-13-6-4-12(5-7-13)8-9-16-14(17)11(3)15/h4-7,10-11H,8-9,15H2,1-3H3,(H,16,17)/t11-/m0/s1. The first-order valence-corrected chi connectivity index (χ1v) is 6.28. The first-order chi connectivity index (χ1) is 8.49. The van der Waals surface area contributed by atoms with Gasteiger partial charge in [-0.25, -0.2) is 0 Å². The van der Waals surface area contributed by atoms with Gasteiger partial charge in [0.15, 0.2) is 0 Å². The van der Waals surface area contributed by atoms with Gasteiger partial charge in [0, 0.05) is 6.54 Å². The summed E-state index contributed by atoms with van der Waals surface area (Å²) < 4.78 is 5.56. The molecule has 0 radical (unpaired) electrons. The van der Waals surface area contributed by atoms with Crippen LogP contribution in [0.25, 0.3) is 0 Å². The molecular weight excluding hydrogens is 228 g/mol. The maximum absolute atomic E-state index is 11.3. The normalized spacial score (nSPS) is 12.3. The van der Waals surface area contributed by atoms with E-state index >= 15 is 0 Å². The Bertz CT molecular complexity index is 372. The molecule has 18 heavy (non-hydrogen) atoms. The summed E-state index contributed by atoms with van der Waals surface area (Å²) in [4.78, 5) is 11.3. The van der Waals surface area contributed by atoms with E-state index in [1.54, 1.807) is 6.92 Å². The van der Waals surface area contributed by atoms with Gasteiger partial charge in [0.05, 0.1) is 12.1 Å². The Hall–Kier alpha value is -1.55. The van der Waals surface area contributed by atoms with Crippen molar-refractivity contribution in [2.24, 2.45) is 5.73 Å². The second-order valence-corrected chi connectivity index (χ2v) is 4.64. The molecule has 100 valence electrons. The van der Waals surface area contributed by atoms with Crippen LogP contribution in [-0.4, -0.2) is 24.6 Å². The molecule has 0 aliphatic carbocycles. The van der Waals surface area contributed by atoms with Crippen LogP contribution in [0, 0.1) is 0 Å². The molecule has 4 heteroatoms. The van der Waals surface area contributed by atoms with Crippen LogP contribution in [-0.2, 0) is 11.2 Å². The molecule has 3 N–H and O–H groups in total. The van der Waals surface area contributed by atoms with Gasteiger partial charge in [0.2, 0.25) is 5.91 Å². The van der Waals surface area contributed by atoms with E-state index in [0.717, 1.165) is 17.7 Å². The molecule has 1 aromatic rings. The van der Waals surface area contributed by atoms with E-state index in [9.17, 15) is 4.79 Å². The number of rotatable bonds is 6. The highest BCUT2D eigenvalue weighted by Crippen LogP contribution is 2.13. The lowest BCUT2D eigenvalue weighted by Crippen LogP contribution is -2.39. The third kappa shape index (κ3) is 5.19. The highest BCUT2D eigenvalue weighted by molar-refractivity contribution is 5.80. The Balaban J connectivity index is 2.37. The minimum Gasteiger partial charge on any atom is -0.491 e. The summed E-state index contributed by atoms with van der Waals surface area (Å²) in [5.41, 5.74) is 6.62. The smallest absolute Gasteiger partial charge is 0.236 e. The lowest BCUT2D eigenvalue weighted by molar-refractivity contribution is -0.121. The summed E-state index contributed by atoms with van der Waals surface area (Å²) >= 11 is 0. The van der Waals surface area contributed by atoms with Crippen LogP contribution in [0.2, 0.25) is 0 Å². The first kappa shape index (κ1) is 14.5. The number of carbonyl (C=O) groups excluding carboxylic acids is 1. The SMILES string of the molecule is CC(C)Oc1ccc(CCNC(=O)[C@H](C)N)cc1.